The zero-order valence-electron chi connectivity index (χ0n) is 15.3. The Morgan fingerprint density at radius 3 is 2.73 bits per heavy atom. The largest absolute Gasteiger partial charge is 0.372 e. The van der Waals surface area contributed by atoms with Gasteiger partial charge in [-0.1, -0.05) is 18.2 Å². The number of hydrogen-bond acceptors (Lipinski definition) is 3. The number of aromatic nitrogens is 1. The van der Waals surface area contributed by atoms with E-state index in [9.17, 15) is 9.59 Å². The van der Waals surface area contributed by atoms with Gasteiger partial charge in [0.1, 0.15) is 6.04 Å². The van der Waals surface area contributed by atoms with Gasteiger partial charge in [0.05, 0.1) is 12.2 Å². The Morgan fingerprint density at radius 2 is 1.96 bits per heavy atom. The van der Waals surface area contributed by atoms with Crippen LogP contribution in [-0.4, -0.2) is 57.9 Å². The summed E-state index contributed by atoms with van der Waals surface area (Å²) in [5.41, 5.74) is 2.10. The maximum atomic E-state index is 13.1. The quantitative estimate of drug-likeness (QED) is 0.919. The topological polar surface area (TPSA) is 65.6 Å². The third-order valence-electron chi connectivity index (χ3n) is 5.36. The van der Waals surface area contributed by atoms with Gasteiger partial charge < -0.3 is 19.5 Å². The Labute approximate surface area is 153 Å². The van der Waals surface area contributed by atoms with Crippen LogP contribution in [0.4, 0.5) is 0 Å². The molecule has 2 fully saturated rings. The molecule has 6 heteroatoms. The van der Waals surface area contributed by atoms with Crippen LogP contribution in [0.25, 0.3) is 10.9 Å². The first kappa shape index (κ1) is 17.1. The summed E-state index contributed by atoms with van der Waals surface area (Å²) >= 11 is 0. The van der Waals surface area contributed by atoms with Crippen LogP contribution < -0.4 is 0 Å². The number of para-hydroxylation sites is 1. The van der Waals surface area contributed by atoms with Crippen molar-refractivity contribution in [3.8, 4) is 0 Å². The van der Waals surface area contributed by atoms with Crippen molar-refractivity contribution in [2.75, 3.05) is 13.1 Å². The zero-order chi connectivity index (χ0) is 18.3. The van der Waals surface area contributed by atoms with E-state index in [1.807, 2.05) is 49.2 Å². The van der Waals surface area contributed by atoms with Crippen molar-refractivity contribution < 1.29 is 14.3 Å². The van der Waals surface area contributed by atoms with Crippen molar-refractivity contribution in [2.45, 2.75) is 51.5 Å². The van der Waals surface area contributed by atoms with Gasteiger partial charge in [-0.05, 0) is 31.9 Å². The van der Waals surface area contributed by atoms with Crippen LogP contribution in [0.5, 0.6) is 0 Å². The molecule has 4 rings (SSSR count). The summed E-state index contributed by atoms with van der Waals surface area (Å²) in [6, 6.07) is 7.67. The van der Waals surface area contributed by atoms with E-state index in [-0.39, 0.29) is 30.1 Å². The number of nitrogens with one attached hydrogen (secondary N) is 1. The lowest BCUT2D eigenvalue weighted by molar-refractivity contribution is -0.150. The minimum absolute atomic E-state index is 0.0295. The molecule has 2 saturated heterocycles. The maximum Gasteiger partial charge on any atom is 0.245 e. The Kier molecular flexibility index (Phi) is 4.44. The molecule has 0 spiro atoms. The number of fused-ring (bicyclic) bond motifs is 1. The lowest BCUT2D eigenvalue weighted by Gasteiger charge is -2.38. The summed E-state index contributed by atoms with van der Waals surface area (Å²) in [5.74, 6) is 0.112. The number of benzene rings is 1. The highest BCUT2D eigenvalue weighted by Gasteiger charge is 2.40. The summed E-state index contributed by atoms with van der Waals surface area (Å²) in [5, 5.41) is 1.10. The molecule has 2 aromatic rings. The molecule has 0 saturated carbocycles. The average molecular weight is 355 g/mol. The number of H-pyrrole nitrogens is 1. The fourth-order valence-electron chi connectivity index (χ4n) is 4.20. The molecule has 3 unspecified atom stereocenters. The van der Waals surface area contributed by atoms with Crippen LogP contribution in [0.1, 0.15) is 32.3 Å². The molecule has 2 aliphatic heterocycles. The standard InChI is InChI=1S/C20H25N3O3/c1-13-10-22(11-14(2)26-13)20(25)18-7-8-19(24)23(18)12-15-9-21-17-6-4-3-5-16(15)17/h3-6,9,13-14,18,21H,7-8,10-12H2,1-2H3. The molecule has 3 heterocycles. The molecule has 1 aromatic heterocycles. The molecule has 0 bridgehead atoms. The summed E-state index contributed by atoms with van der Waals surface area (Å²) in [6.07, 6.45) is 3.04. The normalized spacial score (nSPS) is 26.7. The van der Waals surface area contributed by atoms with Gasteiger partial charge in [0.2, 0.25) is 11.8 Å². The molecule has 1 aromatic carbocycles. The van der Waals surface area contributed by atoms with Gasteiger partial charge in [0.15, 0.2) is 0 Å². The number of aromatic amines is 1. The van der Waals surface area contributed by atoms with E-state index < -0.39 is 0 Å². The number of carbonyl (C=O) groups excluding carboxylic acids is 2. The molecule has 6 nitrogen and oxygen atoms in total. The summed E-state index contributed by atoms with van der Waals surface area (Å²) in [4.78, 5) is 32.5. The highest BCUT2D eigenvalue weighted by atomic mass is 16.5. The fourth-order valence-corrected chi connectivity index (χ4v) is 4.20. The second-order valence-electron chi connectivity index (χ2n) is 7.44. The third-order valence-corrected chi connectivity index (χ3v) is 5.36. The summed E-state index contributed by atoms with van der Waals surface area (Å²) < 4.78 is 5.73. The lowest BCUT2D eigenvalue weighted by Crippen LogP contribution is -2.54. The summed E-state index contributed by atoms with van der Waals surface area (Å²) in [6.45, 7) is 5.62. The molecule has 3 atom stereocenters. The number of ether oxygens (including phenoxy) is 1. The van der Waals surface area contributed by atoms with Crippen molar-refractivity contribution in [3.05, 3.63) is 36.0 Å². The number of amides is 2. The molecule has 26 heavy (non-hydrogen) atoms. The highest BCUT2D eigenvalue weighted by molar-refractivity contribution is 5.91. The molecule has 1 N–H and O–H groups in total. The second-order valence-corrected chi connectivity index (χ2v) is 7.44. The van der Waals surface area contributed by atoms with E-state index in [2.05, 4.69) is 4.98 Å². The molecule has 2 aliphatic rings. The number of hydrogen-bond donors (Lipinski definition) is 1. The van der Waals surface area contributed by atoms with Crippen LogP contribution in [0.3, 0.4) is 0 Å². The molecule has 0 radical (unpaired) electrons. The number of likely N-dealkylation sites (tertiary alicyclic amines) is 1. The number of nitrogens with zero attached hydrogens (tertiary/aromatic N) is 2. The van der Waals surface area contributed by atoms with E-state index >= 15 is 0 Å². The number of morpholine rings is 1. The Bertz CT molecular complexity index is 821. The van der Waals surface area contributed by atoms with E-state index in [1.54, 1.807) is 4.90 Å². The first-order chi connectivity index (χ1) is 12.5. The minimum atomic E-state index is -0.367. The predicted octanol–water partition coefficient (Wildman–Crippen LogP) is 2.29. The second kappa shape index (κ2) is 6.76. The molecule has 2 amide bonds. The van der Waals surface area contributed by atoms with Crippen molar-refractivity contribution in [2.24, 2.45) is 0 Å². The SMILES string of the molecule is CC1CN(C(=O)C2CCC(=O)N2Cc2c[nH]c3ccccc23)CC(C)O1. The number of carbonyl (C=O) groups is 2. The molecular weight excluding hydrogens is 330 g/mol. The van der Waals surface area contributed by atoms with Crippen molar-refractivity contribution >= 4 is 22.7 Å². The van der Waals surface area contributed by atoms with Gasteiger partial charge in [-0.25, -0.2) is 0 Å². The van der Waals surface area contributed by atoms with Crippen molar-refractivity contribution in [1.29, 1.82) is 0 Å². The first-order valence-electron chi connectivity index (χ1n) is 9.31. The lowest BCUT2D eigenvalue weighted by atomic mass is 10.1. The molecular formula is C20H25N3O3. The van der Waals surface area contributed by atoms with Gasteiger partial charge in [-0.3, -0.25) is 9.59 Å². The van der Waals surface area contributed by atoms with Crippen LogP contribution >= 0.6 is 0 Å². The van der Waals surface area contributed by atoms with Gasteiger partial charge >= 0.3 is 0 Å². The summed E-state index contributed by atoms with van der Waals surface area (Å²) in [7, 11) is 0. The van der Waals surface area contributed by atoms with E-state index in [4.69, 9.17) is 4.74 Å². The average Bonchev–Trinajstić information content (AvgIpc) is 3.18. The van der Waals surface area contributed by atoms with Gasteiger partial charge in [0.25, 0.3) is 0 Å². The van der Waals surface area contributed by atoms with E-state index in [0.717, 1.165) is 16.5 Å². The van der Waals surface area contributed by atoms with E-state index in [1.165, 1.54) is 0 Å². The maximum absolute atomic E-state index is 13.1. The Morgan fingerprint density at radius 1 is 1.23 bits per heavy atom. The fraction of sp³-hybridized carbons (Fsp3) is 0.500. The zero-order valence-corrected chi connectivity index (χ0v) is 15.3. The Hall–Kier alpha value is -2.34. The van der Waals surface area contributed by atoms with Crippen LogP contribution in [0, 0.1) is 0 Å². The molecule has 0 aliphatic carbocycles. The van der Waals surface area contributed by atoms with Gasteiger partial charge in [-0.15, -0.1) is 0 Å². The van der Waals surface area contributed by atoms with Crippen LogP contribution in [0.2, 0.25) is 0 Å². The highest BCUT2D eigenvalue weighted by Crippen LogP contribution is 2.27. The monoisotopic (exact) mass is 355 g/mol. The Balaban J connectivity index is 1.54. The predicted molar refractivity (Wildman–Crippen MR) is 98.5 cm³/mol. The van der Waals surface area contributed by atoms with Crippen LogP contribution in [0.15, 0.2) is 30.5 Å². The third kappa shape index (κ3) is 3.09. The minimum Gasteiger partial charge on any atom is -0.372 e. The van der Waals surface area contributed by atoms with Crippen LogP contribution in [-0.2, 0) is 20.9 Å². The first-order valence-corrected chi connectivity index (χ1v) is 9.31. The number of rotatable bonds is 3. The van der Waals surface area contributed by atoms with Gasteiger partial charge in [0, 0.05) is 43.2 Å². The van der Waals surface area contributed by atoms with Gasteiger partial charge in [-0.2, -0.15) is 0 Å². The smallest absolute Gasteiger partial charge is 0.245 e. The van der Waals surface area contributed by atoms with Crippen molar-refractivity contribution in [1.82, 2.24) is 14.8 Å². The molecule has 138 valence electrons. The van der Waals surface area contributed by atoms with E-state index in [0.29, 0.717) is 32.5 Å². The van der Waals surface area contributed by atoms with Crippen molar-refractivity contribution in [3.63, 3.8) is 0 Å².